The van der Waals surface area contributed by atoms with Crippen molar-refractivity contribution < 1.29 is 28.2 Å². The number of carbonyl (C=O) groups is 2. The van der Waals surface area contributed by atoms with Crippen LogP contribution in [0.15, 0.2) is 29.4 Å². The second kappa shape index (κ2) is 11.7. The van der Waals surface area contributed by atoms with Crippen LogP contribution < -0.4 is 10.1 Å². The van der Waals surface area contributed by atoms with Gasteiger partial charge in [0.25, 0.3) is 0 Å². The van der Waals surface area contributed by atoms with Gasteiger partial charge in [0.1, 0.15) is 25.6 Å². The molecule has 9 nitrogen and oxygen atoms in total. The first kappa shape index (κ1) is 20.2. The number of azide groups is 1. The third-order valence-electron chi connectivity index (χ3n) is 2.90. The van der Waals surface area contributed by atoms with E-state index in [1.807, 2.05) is 0 Å². The van der Waals surface area contributed by atoms with Gasteiger partial charge in [-0.05, 0) is 23.2 Å². The number of nitrogens with zero attached hydrogens (tertiary/aromatic N) is 3. The highest BCUT2D eigenvalue weighted by Gasteiger charge is 2.21. The standard InChI is InChI=1S/C15H19FN4O5/c1-23-15(22)13(19-14(21)8-18-20-17)10-24-9-11-3-2-4-12(7-11)25-6-5-16/h2-4,7,13H,5-6,8-10H2,1H3,(H,19,21)/t13-/m0/s1. The molecule has 1 N–H and O–H groups in total. The van der Waals surface area contributed by atoms with E-state index in [0.29, 0.717) is 5.75 Å². The molecule has 0 aromatic heterocycles. The van der Waals surface area contributed by atoms with E-state index in [-0.39, 0.29) is 19.8 Å². The summed E-state index contributed by atoms with van der Waals surface area (Å²) in [5.74, 6) is -0.807. The molecular weight excluding hydrogens is 335 g/mol. The van der Waals surface area contributed by atoms with Crippen LogP contribution in [0.5, 0.6) is 5.75 Å². The zero-order valence-corrected chi connectivity index (χ0v) is 13.7. The highest BCUT2D eigenvalue weighted by molar-refractivity contribution is 5.85. The summed E-state index contributed by atoms with van der Waals surface area (Å²) in [6.45, 7) is -1.04. The molecule has 10 heteroatoms. The molecule has 0 fully saturated rings. The van der Waals surface area contributed by atoms with Crippen molar-refractivity contribution in [1.29, 1.82) is 0 Å². The largest absolute Gasteiger partial charge is 0.491 e. The molecule has 1 amide bonds. The van der Waals surface area contributed by atoms with Crippen LogP contribution in [-0.4, -0.2) is 51.5 Å². The number of rotatable bonds is 11. The number of carbonyl (C=O) groups excluding carboxylic acids is 2. The predicted octanol–water partition coefficient (Wildman–Crippen LogP) is 1.52. The van der Waals surface area contributed by atoms with Gasteiger partial charge in [0.15, 0.2) is 6.04 Å². The third kappa shape index (κ3) is 8.00. The molecule has 0 aliphatic carbocycles. The summed E-state index contributed by atoms with van der Waals surface area (Å²) < 4.78 is 27.3. The Bertz CT molecular complexity index is 622. The first-order valence-corrected chi connectivity index (χ1v) is 7.34. The van der Waals surface area contributed by atoms with Crippen LogP contribution in [0.25, 0.3) is 10.4 Å². The van der Waals surface area contributed by atoms with Gasteiger partial charge in [-0.2, -0.15) is 0 Å². The number of alkyl halides is 1. The van der Waals surface area contributed by atoms with Crippen molar-refractivity contribution in [2.24, 2.45) is 5.11 Å². The highest BCUT2D eigenvalue weighted by atomic mass is 19.1. The van der Waals surface area contributed by atoms with Gasteiger partial charge in [-0.15, -0.1) is 0 Å². The quantitative estimate of drug-likeness (QED) is 0.279. The Morgan fingerprint density at radius 1 is 1.44 bits per heavy atom. The van der Waals surface area contributed by atoms with Crippen LogP contribution in [0.3, 0.4) is 0 Å². The lowest BCUT2D eigenvalue weighted by molar-refractivity contribution is -0.146. The second-order valence-corrected chi connectivity index (χ2v) is 4.73. The first-order chi connectivity index (χ1) is 12.1. The molecule has 0 saturated heterocycles. The van der Waals surface area contributed by atoms with Crippen molar-refractivity contribution in [3.8, 4) is 5.75 Å². The number of benzene rings is 1. The molecule has 1 aromatic rings. The fourth-order valence-electron chi connectivity index (χ4n) is 1.82. The van der Waals surface area contributed by atoms with Gasteiger partial charge in [0.2, 0.25) is 5.91 Å². The monoisotopic (exact) mass is 354 g/mol. The van der Waals surface area contributed by atoms with E-state index in [0.717, 1.165) is 5.56 Å². The van der Waals surface area contributed by atoms with E-state index >= 15 is 0 Å². The van der Waals surface area contributed by atoms with E-state index in [9.17, 15) is 14.0 Å². The maximum absolute atomic E-state index is 12.1. The minimum Gasteiger partial charge on any atom is -0.491 e. The molecule has 1 rings (SSSR count). The third-order valence-corrected chi connectivity index (χ3v) is 2.90. The first-order valence-electron chi connectivity index (χ1n) is 7.34. The van der Waals surface area contributed by atoms with Gasteiger partial charge in [-0.1, -0.05) is 17.2 Å². The number of amides is 1. The van der Waals surface area contributed by atoms with Crippen LogP contribution in [0.4, 0.5) is 4.39 Å². The Balaban J connectivity index is 2.54. The average molecular weight is 354 g/mol. The van der Waals surface area contributed by atoms with E-state index in [1.165, 1.54) is 7.11 Å². The lowest BCUT2D eigenvalue weighted by atomic mass is 10.2. The van der Waals surface area contributed by atoms with Gasteiger partial charge in [-0.3, -0.25) is 4.79 Å². The summed E-state index contributed by atoms with van der Waals surface area (Å²) in [5.41, 5.74) is 8.93. The Labute approximate surface area is 143 Å². The van der Waals surface area contributed by atoms with Crippen molar-refractivity contribution in [1.82, 2.24) is 5.32 Å². The maximum atomic E-state index is 12.1. The number of halogens is 1. The molecule has 0 bridgehead atoms. The van der Waals surface area contributed by atoms with Crippen LogP contribution in [0.2, 0.25) is 0 Å². The summed E-state index contributed by atoms with van der Waals surface area (Å²) >= 11 is 0. The Morgan fingerprint density at radius 2 is 2.24 bits per heavy atom. The lowest BCUT2D eigenvalue weighted by Crippen LogP contribution is -2.45. The highest BCUT2D eigenvalue weighted by Crippen LogP contribution is 2.14. The topological polar surface area (TPSA) is 123 Å². The van der Waals surface area contributed by atoms with E-state index < -0.39 is 31.1 Å². The fourth-order valence-corrected chi connectivity index (χ4v) is 1.82. The number of methoxy groups -OCH3 is 1. The van der Waals surface area contributed by atoms with Crippen LogP contribution >= 0.6 is 0 Å². The van der Waals surface area contributed by atoms with Crippen molar-refractivity contribution in [3.63, 3.8) is 0 Å². The molecule has 0 spiro atoms. The molecule has 0 unspecified atom stereocenters. The average Bonchev–Trinajstić information content (AvgIpc) is 2.63. The van der Waals surface area contributed by atoms with Crippen molar-refractivity contribution >= 4 is 11.9 Å². The minimum atomic E-state index is -1.03. The lowest BCUT2D eigenvalue weighted by Gasteiger charge is -2.16. The van der Waals surface area contributed by atoms with Gasteiger partial charge < -0.3 is 19.5 Å². The van der Waals surface area contributed by atoms with E-state index in [1.54, 1.807) is 24.3 Å². The molecule has 0 radical (unpaired) electrons. The second-order valence-electron chi connectivity index (χ2n) is 4.73. The van der Waals surface area contributed by atoms with Crippen LogP contribution in [0.1, 0.15) is 5.56 Å². The zero-order chi connectivity index (χ0) is 18.5. The van der Waals surface area contributed by atoms with E-state index in [4.69, 9.17) is 15.0 Å². The molecule has 136 valence electrons. The maximum Gasteiger partial charge on any atom is 0.330 e. The van der Waals surface area contributed by atoms with E-state index in [2.05, 4.69) is 20.1 Å². The summed E-state index contributed by atoms with van der Waals surface area (Å²) in [6.07, 6.45) is 0. The zero-order valence-electron chi connectivity index (χ0n) is 13.7. The molecule has 25 heavy (non-hydrogen) atoms. The summed E-state index contributed by atoms with van der Waals surface area (Å²) in [4.78, 5) is 25.6. The molecule has 0 saturated carbocycles. The van der Waals surface area contributed by atoms with Crippen LogP contribution in [0, 0.1) is 0 Å². The minimum absolute atomic E-state index is 0.0358. The van der Waals surface area contributed by atoms with Crippen LogP contribution in [-0.2, 0) is 25.7 Å². The number of hydrogen-bond donors (Lipinski definition) is 1. The van der Waals surface area contributed by atoms with Gasteiger partial charge in [0.05, 0.1) is 20.3 Å². The summed E-state index contributed by atoms with van der Waals surface area (Å²) in [5, 5.41) is 5.47. The normalized spacial score (nSPS) is 11.1. The molecule has 1 atom stereocenters. The number of hydrogen-bond acceptors (Lipinski definition) is 6. The number of esters is 1. The Hall–Kier alpha value is -2.84. The van der Waals surface area contributed by atoms with Gasteiger partial charge in [-0.25, -0.2) is 9.18 Å². The molecule has 0 aliphatic heterocycles. The molecule has 1 aromatic carbocycles. The van der Waals surface area contributed by atoms with Crippen molar-refractivity contribution in [2.45, 2.75) is 12.6 Å². The predicted molar refractivity (Wildman–Crippen MR) is 85.5 cm³/mol. The summed E-state index contributed by atoms with van der Waals surface area (Å²) in [6, 6.07) is 5.84. The summed E-state index contributed by atoms with van der Waals surface area (Å²) in [7, 11) is 1.18. The van der Waals surface area contributed by atoms with Gasteiger partial charge in [0, 0.05) is 4.91 Å². The molecule has 0 aliphatic rings. The fraction of sp³-hybridized carbons (Fsp3) is 0.467. The number of nitrogens with one attached hydrogen (secondary N) is 1. The smallest absolute Gasteiger partial charge is 0.330 e. The Kier molecular flexibility index (Phi) is 9.42. The van der Waals surface area contributed by atoms with Crippen molar-refractivity contribution in [2.75, 3.05) is 33.5 Å². The van der Waals surface area contributed by atoms with Gasteiger partial charge >= 0.3 is 5.97 Å². The Morgan fingerprint density at radius 3 is 2.92 bits per heavy atom. The SMILES string of the molecule is COC(=O)[C@H](COCc1cccc(OCCF)c1)NC(=O)CN=[N+]=[N-]. The van der Waals surface area contributed by atoms with Crippen molar-refractivity contribution in [3.05, 3.63) is 40.3 Å². The molecule has 0 heterocycles. The molecular formula is C15H19FN4O5. The number of ether oxygens (including phenoxy) is 3.